The van der Waals surface area contributed by atoms with Crippen LogP contribution in [0.15, 0.2) is 109 Å². The molecule has 0 spiro atoms. The van der Waals surface area contributed by atoms with Crippen molar-refractivity contribution in [3.63, 3.8) is 0 Å². The number of Topliss-reactive ketones (excluding diaryl/α,β-unsaturated/α-hetero) is 4. The highest BCUT2D eigenvalue weighted by Crippen LogP contribution is 2.34. The molecular weight excluding hydrogens is 1230 g/mol. The van der Waals surface area contributed by atoms with Gasteiger partial charge in [-0.3, -0.25) is 33.9 Å². The molecule has 5 heterocycles. The van der Waals surface area contributed by atoms with Crippen molar-refractivity contribution in [3.05, 3.63) is 132 Å². The Bertz CT molecular complexity index is 3980. The maximum atomic E-state index is 13.9. The van der Waals surface area contributed by atoms with E-state index in [1.165, 1.54) is 14.7 Å². The number of likely N-dealkylation sites (tertiary alicyclic amines) is 3. The molecule has 21 nitrogen and oxygen atoms in total. The van der Waals surface area contributed by atoms with Gasteiger partial charge in [-0.05, 0) is 200 Å². The van der Waals surface area contributed by atoms with E-state index in [9.17, 15) is 47.9 Å². The summed E-state index contributed by atoms with van der Waals surface area (Å²) in [6.45, 7) is 21.9. The Morgan fingerprint density at radius 3 is 1.08 bits per heavy atom. The minimum Gasteiger partial charge on any atom is -0.458 e. The van der Waals surface area contributed by atoms with Gasteiger partial charge in [0.05, 0.1) is 11.0 Å². The maximum absolute atomic E-state index is 13.9. The van der Waals surface area contributed by atoms with Crippen molar-refractivity contribution in [2.75, 3.05) is 13.2 Å². The van der Waals surface area contributed by atoms with Crippen LogP contribution in [0.25, 0.3) is 44.1 Å². The molecule has 6 aromatic rings. The van der Waals surface area contributed by atoms with Crippen LogP contribution in [0.5, 0.6) is 0 Å². The van der Waals surface area contributed by atoms with Gasteiger partial charge < -0.3 is 28.4 Å². The molecule has 4 aromatic carbocycles. The van der Waals surface area contributed by atoms with Gasteiger partial charge in [0.15, 0.2) is 36.3 Å². The van der Waals surface area contributed by atoms with Crippen LogP contribution in [0.2, 0.25) is 0 Å². The molecule has 2 aromatic heterocycles. The summed E-state index contributed by atoms with van der Waals surface area (Å²) >= 11 is 0. The van der Waals surface area contributed by atoms with Crippen LogP contribution in [0, 0.1) is 0 Å². The molecule has 9 rings (SSSR count). The lowest BCUT2D eigenvalue weighted by Gasteiger charge is -2.33. The second kappa shape index (κ2) is 28.9. The predicted molar refractivity (Wildman–Crippen MR) is 358 cm³/mol. The molecule has 0 N–H and O–H groups in total. The smallest absolute Gasteiger partial charge is 0.411 e. The van der Waals surface area contributed by atoms with Crippen molar-refractivity contribution < 1.29 is 76.4 Å². The Labute approximate surface area is 559 Å². The SMILES string of the molecule is CC1CCC(C(=O)OC(C)(C)CCC(=O)c2ccc3cc(-c4ccc(C(=O)COC(=O)[C@@H]5CC[C@H](C)N5C(=O)OC(C)(C)C)cc4)ccc3n2)N1C(=O)OC(C)(C)CCC(=O)c1ccc2cc(-c3ccc(C(=O)COC(=O)[C@@H]4CC[C@H](C)N4C(=O)OC(C)(C)C)cc3)ccc2n1. The topological polar surface area (TPSA) is 262 Å². The highest BCUT2D eigenvalue weighted by Gasteiger charge is 2.46. The van der Waals surface area contributed by atoms with Crippen molar-refractivity contribution in [2.24, 2.45) is 0 Å². The minimum atomic E-state index is -1.11. The summed E-state index contributed by atoms with van der Waals surface area (Å²) in [5.74, 6) is -3.22. The second-order valence-corrected chi connectivity index (χ2v) is 28.6. The molecule has 21 heteroatoms. The summed E-state index contributed by atoms with van der Waals surface area (Å²) in [7, 11) is 0. The molecule has 3 fully saturated rings. The zero-order chi connectivity index (χ0) is 69.8. The van der Waals surface area contributed by atoms with E-state index in [1.54, 1.807) is 130 Å². The molecule has 0 saturated carbocycles. The van der Waals surface area contributed by atoms with Crippen LogP contribution in [-0.2, 0) is 42.8 Å². The first-order valence-electron chi connectivity index (χ1n) is 32.9. The molecule has 2 unspecified atom stereocenters. The Hall–Kier alpha value is -9.40. The van der Waals surface area contributed by atoms with Gasteiger partial charge >= 0.3 is 36.2 Å². The maximum Gasteiger partial charge on any atom is 0.411 e. The van der Waals surface area contributed by atoms with Crippen LogP contribution >= 0.6 is 0 Å². The van der Waals surface area contributed by atoms with Crippen LogP contribution in [0.3, 0.4) is 0 Å². The summed E-state index contributed by atoms with van der Waals surface area (Å²) in [5, 5.41) is 1.55. The third kappa shape index (κ3) is 17.5. The average Bonchev–Trinajstić information content (AvgIpc) is 1.36. The number of fused-ring (bicyclic) bond motifs is 2. The quantitative estimate of drug-likeness (QED) is 0.0368. The number of rotatable bonds is 21. The lowest BCUT2D eigenvalue weighted by molar-refractivity contribution is -0.162. The van der Waals surface area contributed by atoms with Crippen LogP contribution in [-0.4, -0.2) is 156 Å². The van der Waals surface area contributed by atoms with Gasteiger partial charge in [0.1, 0.15) is 51.9 Å². The molecule has 3 aliphatic rings. The van der Waals surface area contributed by atoms with Crippen molar-refractivity contribution in [1.29, 1.82) is 0 Å². The van der Waals surface area contributed by atoms with E-state index < -0.39 is 101 Å². The number of amides is 3. The van der Waals surface area contributed by atoms with E-state index in [1.807, 2.05) is 69.3 Å². The number of carbonyl (C=O) groups excluding carboxylic acids is 10. The number of pyridine rings is 2. The molecule has 0 radical (unpaired) electrons. The third-order valence-corrected chi connectivity index (χ3v) is 17.6. The molecule has 3 aliphatic heterocycles. The average molecular weight is 1310 g/mol. The molecule has 508 valence electrons. The number of benzene rings is 4. The zero-order valence-electron chi connectivity index (χ0n) is 57.1. The van der Waals surface area contributed by atoms with E-state index in [4.69, 9.17) is 28.4 Å². The van der Waals surface area contributed by atoms with Crippen molar-refractivity contribution >= 4 is 81.1 Å². The third-order valence-electron chi connectivity index (χ3n) is 17.6. The Balaban J connectivity index is 0.712. The number of hydrogen-bond donors (Lipinski definition) is 0. The number of nitrogens with zero attached hydrogens (tertiary/aromatic N) is 5. The number of carbonyl (C=O) groups is 10. The molecule has 96 heavy (non-hydrogen) atoms. The van der Waals surface area contributed by atoms with Gasteiger partial charge in [-0.15, -0.1) is 0 Å². The minimum absolute atomic E-state index is 0.0164. The van der Waals surface area contributed by atoms with Gasteiger partial charge in [-0.1, -0.05) is 72.8 Å². The largest absolute Gasteiger partial charge is 0.458 e. The first-order chi connectivity index (χ1) is 45.1. The van der Waals surface area contributed by atoms with E-state index >= 15 is 0 Å². The number of aromatic nitrogens is 2. The van der Waals surface area contributed by atoms with Crippen molar-refractivity contribution in [1.82, 2.24) is 24.7 Å². The predicted octanol–water partition coefficient (Wildman–Crippen LogP) is 13.9. The molecule has 6 atom stereocenters. The molecule has 3 amide bonds. The van der Waals surface area contributed by atoms with Crippen LogP contribution < -0.4 is 0 Å². The standard InChI is InChI=1S/C75H87N5O16/c1-44-14-33-59(78(44)69(88)94-72(4,5)6)66(85)91-42-64(83)49-21-17-47(18-22-49)51-25-29-55-53(40-51)27-31-57(76-55)62(81)36-38-74(10,11)93-68(87)61-35-16-46(3)80(61)71(90)96-75(12,13)39-37-63(82)58-32-28-54-41-52(26-30-56(54)77-58)48-19-23-50(24-20-48)65(84)43-92-67(86)60-34-15-45(2)79(60)70(89)95-73(7,8)9/h17-32,40-41,44-46,59-61H,14-16,33-39,42-43H2,1-13H3/t44-,45-,46?,59-,60-,61?/m0/s1. The van der Waals surface area contributed by atoms with Gasteiger partial charge in [0.2, 0.25) is 0 Å². The molecule has 0 aliphatic carbocycles. The molecule has 3 saturated heterocycles. The van der Waals surface area contributed by atoms with E-state index in [0.29, 0.717) is 60.7 Å². The van der Waals surface area contributed by atoms with Crippen LogP contribution in [0.4, 0.5) is 14.4 Å². The summed E-state index contributed by atoms with van der Waals surface area (Å²) in [6, 6.07) is 28.5. The zero-order valence-corrected chi connectivity index (χ0v) is 57.1. The second-order valence-electron chi connectivity index (χ2n) is 28.6. The summed E-state index contributed by atoms with van der Waals surface area (Å²) in [4.78, 5) is 147. The lowest BCUT2D eigenvalue weighted by Crippen LogP contribution is -2.48. The fourth-order valence-corrected chi connectivity index (χ4v) is 12.3. The fourth-order valence-electron chi connectivity index (χ4n) is 12.3. The van der Waals surface area contributed by atoms with Gasteiger partial charge in [-0.25, -0.2) is 38.7 Å². The highest BCUT2D eigenvalue weighted by molar-refractivity contribution is 6.01. The number of ketones is 4. The highest BCUT2D eigenvalue weighted by atomic mass is 16.6. The Morgan fingerprint density at radius 1 is 0.385 bits per heavy atom. The lowest BCUT2D eigenvalue weighted by atomic mass is 9.98. The summed E-state index contributed by atoms with van der Waals surface area (Å²) in [5.41, 5.74) is 2.02. The van der Waals surface area contributed by atoms with Crippen molar-refractivity contribution in [2.45, 2.75) is 213 Å². The summed E-state index contributed by atoms with van der Waals surface area (Å²) < 4.78 is 33.9. The molecule has 0 bridgehead atoms. The number of hydrogen-bond acceptors (Lipinski definition) is 18. The van der Waals surface area contributed by atoms with Gasteiger partial charge in [0, 0.05) is 52.9 Å². The van der Waals surface area contributed by atoms with E-state index in [0.717, 1.165) is 33.0 Å². The van der Waals surface area contributed by atoms with Crippen LogP contribution in [0.1, 0.15) is 196 Å². The van der Waals surface area contributed by atoms with Gasteiger partial charge in [0.25, 0.3) is 0 Å². The van der Waals surface area contributed by atoms with Gasteiger partial charge in [-0.2, -0.15) is 0 Å². The molecular formula is C75H87N5O16. The normalized spacial score (nSPS) is 19.0. The van der Waals surface area contributed by atoms with E-state index in [2.05, 4.69) is 9.97 Å². The first kappa shape index (κ1) is 70.9. The summed E-state index contributed by atoms with van der Waals surface area (Å²) in [6.07, 6.45) is 1.36. The fraction of sp³-hybridized carbons (Fsp3) is 0.467. The number of ether oxygens (including phenoxy) is 6. The number of esters is 3. The Morgan fingerprint density at radius 2 is 0.719 bits per heavy atom. The van der Waals surface area contributed by atoms with E-state index in [-0.39, 0.29) is 66.8 Å². The first-order valence-corrected chi connectivity index (χ1v) is 32.9. The van der Waals surface area contributed by atoms with Crippen molar-refractivity contribution in [3.8, 4) is 22.3 Å². The Kier molecular flexibility index (Phi) is 21.3. The monoisotopic (exact) mass is 1310 g/mol.